The molecule has 0 aliphatic rings. The van der Waals surface area contributed by atoms with Crippen molar-refractivity contribution in [3.63, 3.8) is 0 Å². The van der Waals surface area contributed by atoms with Gasteiger partial charge in [0, 0.05) is 22.6 Å². The van der Waals surface area contributed by atoms with Crippen LogP contribution in [0.3, 0.4) is 0 Å². The Hall–Kier alpha value is -4.17. The maximum Gasteiger partial charge on any atom is 0.264 e. The molecule has 0 radical (unpaired) electrons. The van der Waals surface area contributed by atoms with Crippen molar-refractivity contribution in [3.05, 3.63) is 113 Å². The molecule has 4 aromatic rings. The second-order valence-electron chi connectivity index (χ2n) is 9.41. The predicted octanol–water partition coefficient (Wildman–Crippen LogP) is 5.37. The minimum atomic E-state index is -3.97. The summed E-state index contributed by atoms with van der Waals surface area (Å²) >= 11 is 0. The standard InChI is InChI=1S/C30H32N4O3S/c1-21-11-14-27(15-12-21)33(38(36,37)28-9-7-6-8-10-28)20-30(35)32-31-19-26-18-24(4)34(25(26)5)29-16-13-22(2)17-23(29)3/h6-19H,20H2,1-5H3,(H,32,35)/b31-19+. The lowest BCUT2D eigenvalue weighted by Crippen LogP contribution is -2.39. The van der Waals surface area contributed by atoms with Gasteiger partial charge in [-0.05, 0) is 76.6 Å². The van der Waals surface area contributed by atoms with Gasteiger partial charge in [0.15, 0.2) is 0 Å². The molecule has 196 valence electrons. The van der Waals surface area contributed by atoms with Crippen LogP contribution < -0.4 is 9.73 Å². The van der Waals surface area contributed by atoms with E-state index in [1.54, 1.807) is 36.5 Å². The van der Waals surface area contributed by atoms with Crippen LogP contribution in [0.25, 0.3) is 5.69 Å². The van der Waals surface area contributed by atoms with E-state index in [2.05, 4.69) is 47.1 Å². The van der Waals surface area contributed by atoms with Gasteiger partial charge in [-0.2, -0.15) is 5.10 Å². The molecule has 0 saturated carbocycles. The monoisotopic (exact) mass is 528 g/mol. The first kappa shape index (κ1) is 26.9. The molecule has 4 rings (SSSR count). The van der Waals surface area contributed by atoms with E-state index < -0.39 is 22.5 Å². The Morgan fingerprint density at radius 2 is 1.55 bits per heavy atom. The van der Waals surface area contributed by atoms with Gasteiger partial charge in [-0.1, -0.05) is 53.6 Å². The van der Waals surface area contributed by atoms with Gasteiger partial charge in [0.2, 0.25) is 0 Å². The average Bonchev–Trinajstić information content (AvgIpc) is 3.16. The summed E-state index contributed by atoms with van der Waals surface area (Å²) in [5.41, 5.74) is 10.2. The van der Waals surface area contributed by atoms with Crippen molar-refractivity contribution in [1.82, 2.24) is 9.99 Å². The third kappa shape index (κ3) is 5.70. The van der Waals surface area contributed by atoms with Crippen molar-refractivity contribution in [3.8, 4) is 5.69 Å². The van der Waals surface area contributed by atoms with Gasteiger partial charge in [0.05, 0.1) is 16.8 Å². The van der Waals surface area contributed by atoms with E-state index in [-0.39, 0.29) is 4.90 Å². The van der Waals surface area contributed by atoms with Crippen LogP contribution in [-0.2, 0) is 14.8 Å². The van der Waals surface area contributed by atoms with E-state index in [0.29, 0.717) is 5.69 Å². The number of amides is 1. The molecule has 0 aliphatic heterocycles. The van der Waals surface area contributed by atoms with Crippen LogP contribution >= 0.6 is 0 Å². The topological polar surface area (TPSA) is 83.8 Å². The van der Waals surface area contributed by atoms with E-state index in [1.165, 1.54) is 23.3 Å². The fourth-order valence-electron chi connectivity index (χ4n) is 4.43. The fraction of sp³-hybridized carbons (Fsp3) is 0.200. The largest absolute Gasteiger partial charge is 0.318 e. The van der Waals surface area contributed by atoms with Crippen LogP contribution in [0.2, 0.25) is 0 Å². The Morgan fingerprint density at radius 3 is 2.21 bits per heavy atom. The van der Waals surface area contributed by atoms with E-state index in [0.717, 1.165) is 32.5 Å². The highest BCUT2D eigenvalue weighted by Crippen LogP contribution is 2.25. The highest BCUT2D eigenvalue weighted by molar-refractivity contribution is 7.92. The number of carbonyl (C=O) groups is 1. The van der Waals surface area contributed by atoms with Crippen molar-refractivity contribution in [2.24, 2.45) is 5.10 Å². The third-order valence-electron chi connectivity index (χ3n) is 6.40. The molecular formula is C30H32N4O3S. The number of carbonyl (C=O) groups excluding carboxylic acids is 1. The number of sulfonamides is 1. The molecule has 7 nitrogen and oxygen atoms in total. The Kier molecular flexibility index (Phi) is 7.83. The Morgan fingerprint density at radius 1 is 0.895 bits per heavy atom. The number of nitrogens with zero attached hydrogens (tertiary/aromatic N) is 3. The molecule has 1 aromatic heterocycles. The first-order chi connectivity index (χ1) is 18.1. The zero-order chi connectivity index (χ0) is 27.4. The SMILES string of the molecule is Cc1ccc(N(CC(=O)N/N=C/c2cc(C)n(-c3ccc(C)cc3C)c2C)S(=O)(=O)c2ccccc2)cc1. The van der Waals surface area contributed by atoms with Gasteiger partial charge in [0.1, 0.15) is 6.54 Å². The Balaban J connectivity index is 1.55. The minimum Gasteiger partial charge on any atom is -0.318 e. The summed E-state index contributed by atoms with van der Waals surface area (Å²) in [6.45, 7) is 9.67. The lowest BCUT2D eigenvalue weighted by atomic mass is 10.1. The fourth-order valence-corrected chi connectivity index (χ4v) is 5.87. The number of nitrogens with one attached hydrogen (secondary N) is 1. The number of aromatic nitrogens is 1. The first-order valence-corrected chi connectivity index (χ1v) is 13.7. The van der Waals surface area contributed by atoms with Gasteiger partial charge in [-0.25, -0.2) is 13.8 Å². The number of hydrogen-bond acceptors (Lipinski definition) is 4. The molecule has 38 heavy (non-hydrogen) atoms. The van der Waals surface area contributed by atoms with Crippen molar-refractivity contribution in [1.29, 1.82) is 0 Å². The van der Waals surface area contributed by atoms with Crippen molar-refractivity contribution in [2.75, 3.05) is 10.8 Å². The second kappa shape index (κ2) is 11.1. The molecular weight excluding hydrogens is 496 g/mol. The quantitative estimate of drug-likeness (QED) is 0.247. The van der Waals surface area contributed by atoms with E-state index >= 15 is 0 Å². The number of anilines is 1. The van der Waals surface area contributed by atoms with Gasteiger partial charge in [-0.15, -0.1) is 0 Å². The lowest BCUT2D eigenvalue weighted by molar-refractivity contribution is -0.119. The molecule has 0 bridgehead atoms. The van der Waals surface area contributed by atoms with Crippen LogP contribution in [0.15, 0.2) is 88.9 Å². The molecule has 0 atom stereocenters. The van der Waals surface area contributed by atoms with Crippen molar-refractivity contribution in [2.45, 2.75) is 39.5 Å². The minimum absolute atomic E-state index is 0.107. The summed E-state index contributed by atoms with van der Waals surface area (Å²) in [7, 11) is -3.97. The summed E-state index contributed by atoms with van der Waals surface area (Å²) in [6.07, 6.45) is 1.59. The zero-order valence-electron chi connectivity index (χ0n) is 22.3. The molecule has 0 unspecified atom stereocenters. The van der Waals surface area contributed by atoms with Crippen LogP contribution in [0.5, 0.6) is 0 Å². The van der Waals surface area contributed by atoms with E-state index in [1.807, 2.05) is 39.0 Å². The molecule has 1 amide bonds. The molecule has 0 aliphatic carbocycles. The molecule has 3 aromatic carbocycles. The normalized spacial score (nSPS) is 11.6. The maximum atomic E-state index is 13.4. The van der Waals surface area contributed by atoms with Crippen LogP contribution in [-0.4, -0.2) is 31.7 Å². The Bertz CT molecular complexity index is 1590. The average molecular weight is 529 g/mol. The number of aryl methyl sites for hydroxylation is 4. The second-order valence-corrected chi connectivity index (χ2v) is 11.3. The molecule has 1 N–H and O–H groups in total. The van der Waals surface area contributed by atoms with E-state index in [9.17, 15) is 13.2 Å². The highest BCUT2D eigenvalue weighted by atomic mass is 32.2. The van der Waals surface area contributed by atoms with Crippen LogP contribution in [0, 0.1) is 34.6 Å². The molecule has 0 saturated heterocycles. The summed E-state index contributed by atoms with van der Waals surface area (Å²) in [4.78, 5) is 13.0. The summed E-state index contributed by atoms with van der Waals surface area (Å²) in [5.74, 6) is -0.551. The number of benzene rings is 3. The van der Waals surface area contributed by atoms with Gasteiger partial charge >= 0.3 is 0 Å². The number of hydrazone groups is 1. The number of hydrogen-bond donors (Lipinski definition) is 1. The number of rotatable bonds is 8. The molecule has 0 fully saturated rings. The van der Waals surface area contributed by atoms with E-state index in [4.69, 9.17) is 0 Å². The molecule has 0 spiro atoms. The van der Waals surface area contributed by atoms with Gasteiger partial charge in [0.25, 0.3) is 15.9 Å². The van der Waals surface area contributed by atoms with Gasteiger partial charge in [-0.3, -0.25) is 9.10 Å². The van der Waals surface area contributed by atoms with Crippen LogP contribution in [0.1, 0.15) is 33.6 Å². The third-order valence-corrected chi connectivity index (χ3v) is 8.18. The summed E-state index contributed by atoms with van der Waals surface area (Å²) in [6, 6.07) is 23.4. The molecule has 8 heteroatoms. The van der Waals surface area contributed by atoms with Crippen molar-refractivity contribution >= 4 is 27.8 Å². The predicted molar refractivity (Wildman–Crippen MR) is 153 cm³/mol. The smallest absolute Gasteiger partial charge is 0.264 e. The summed E-state index contributed by atoms with van der Waals surface area (Å²) in [5, 5.41) is 4.14. The van der Waals surface area contributed by atoms with Gasteiger partial charge < -0.3 is 4.57 Å². The lowest BCUT2D eigenvalue weighted by Gasteiger charge is -2.23. The van der Waals surface area contributed by atoms with Crippen LogP contribution in [0.4, 0.5) is 5.69 Å². The first-order valence-electron chi connectivity index (χ1n) is 12.3. The molecule has 1 heterocycles. The van der Waals surface area contributed by atoms with Crippen molar-refractivity contribution < 1.29 is 13.2 Å². The summed E-state index contributed by atoms with van der Waals surface area (Å²) < 4.78 is 30.1. The zero-order valence-corrected chi connectivity index (χ0v) is 23.1. The Labute approximate surface area is 224 Å². The maximum absolute atomic E-state index is 13.4. The highest BCUT2D eigenvalue weighted by Gasteiger charge is 2.27.